The molecule has 3 heteroatoms. The molecule has 3 rings (SSSR count). The van der Waals surface area contributed by atoms with Crippen molar-refractivity contribution in [2.45, 2.75) is 46.1 Å². The molecular weight excluding hydrogens is 248 g/mol. The minimum Gasteiger partial charge on any atom is -0.471 e. The van der Waals surface area contributed by atoms with E-state index < -0.39 is 0 Å². The molecule has 0 saturated heterocycles. The minimum atomic E-state index is 0.362. The molecule has 0 aliphatic carbocycles. The third-order valence-electron chi connectivity index (χ3n) is 3.77. The number of ether oxygens (including phenoxy) is 1. The fourth-order valence-electron chi connectivity index (χ4n) is 2.42. The number of aromatic nitrogens is 2. The van der Waals surface area contributed by atoms with Crippen molar-refractivity contribution in [1.29, 1.82) is 0 Å². The van der Waals surface area contributed by atoms with E-state index >= 15 is 0 Å². The zero-order valence-corrected chi connectivity index (χ0v) is 12.5. The molecule has 0 fully saturated rings. The topological polar surface area (TPSA) is 35.0 Å². The van der Waals surface area contributed by atoms with Gasteiger partial charge in [-0.3, -0.25) is 0 Å². The molecule has 0 unspecified atom stereocenters. The van der Waals surface area contributed by atoms with Crippen LogP contribution in [0.3, 0.4) is 0 Å². The van der Waals surface area contributed by atoms with Crippen molar-refractivity contribution in [1.82, 2.24) is 9.97 Å². The molecule has 0 bridgehead atoms. The summed E-state index contributed by atoms with van der Waals surface area (Å²) in [4.78, 5) is 9.15. The van der Waals surface area contributed by atoms with E-state index in [1.165, 1.54) is 11.1 Å². The molecule has 20 heavy (non-hydrogen) atoms. The lowest BCUT2D eigenvalue weighted by Crippen LogP contribution is -2.10. The van der Waals surface area contributed by atoms with E-state index in [4.69, 9.17) is 4.74 Å². The molecule has 2 aromatic rings. The van der Waals surface area contributed by atoms with Gasteiger partial charge in [0.25, 0.3) is 0 Å². The Morgan fingerprint density at radius 3 is 2.60 bits per heavy atom. The lowest BCUT2D eigenvalue weighted by atomic mass is 9.95. The predicted molar refractivity (Wildman–Crippen MR) is 80.0 cm³/mol. The molecule has 1 aliphatic heterocycles. The van der Waals surface area contributed by atoms with Crippen LogP contribution in [0.5, 0.6) is 5.88 Å². The van der Waals surface area contributed by atoms with E-state index in [9.17, 15) is 0 Å². The Kier molecular flexibility index (Phi) is 3.20. The van der Waals surface area contributed by atoms with Gasteiger partial charge in [0, 0.05) is 11.8 Å². The number of nitrogens with zero attached hydrogens (tertiary/aromatic N) is 2. The molecule has 0 spiro atoms. The largest absolute Gasteiger partial charge is 0.471 e. The lowest BCUT2D eigenvalue weighted by Gasteiger charge is -2.21. The highest BCUT2D eigenvalue weighted by Gasteiger charge is 2.21. The standard InChI is InChI=1S/C17H20N2O/c1-10(2)12-5-6-14-13(7-12)9-20-17-16(14)18-8-15(19-17)11(3)4/h5-8,10-11H,9H2,1-4H3. The second-order valence-electron chi connectivity index (χ2n) is 5.96. The third-order valence-corrected chi connectivity index (χ3v) is 3.77. The predicted octanol–water partition coefficient (Wildman–Crippen LogP) is 4.28. The minimum absolute atomic E-state index is 0.362. The zero-order chi connectivity index (χ0) is 14.3. The quantitative estimate of drug-likeness (QED) is 0.815. The molecule has 1 aromatic carbocycles. The van der Waals surface area contributed by atoms with Crippen LogP contribution in [-0.2, 0) is 6.61 Å². The van der Waals surface area contributed by atoms with Gasteiger partial charge < -0.3 is 4.74 Å². The highest BCUT2D eigenvalue weighted by atomic mass is 16.5. The summed E-state index contributed by atoms with van der Waals surface area (Å²) in [6.45, 7) is 9.21. The van der Waals surface area contributed by atoms with Crippen LogP contribution in [0.4, 0.5) is 0 Å². The van der Waals surface area contributed by atoms with Gasteiger partial charge in [-0.15, -0.1) is 0 Å². The van der Waals surface area contributed by atoms with Gasteiger partial charge in [0.1, 0.15) is 12.3 Å². The Hall–Kier alpha value is -1.90. The van der Waals surface area contributed by atoms with Crippen LogP contribution in [0, 0.1) is 0 Å². The third kappa shape index (κ3) is 2.17. The Balaban J connectivity index is 2.07. The SMILES string of the molecule is CC(C)c1ccc2c(c1)COc1nc(C(C)C)cnc1-2. The van der Waals surface area contributed by atoms with Crippen molar-refractivity contribution in [3.63, 3.8) is 0 Å². The average Bonchev–Trinajstić information content (AvgIpc) is 2.45. The van der Waals surface area contributed by atoms with Crippen LogP contribution < -0.4 is 4.74 Å². The maximum Gasteiger partial charge on any atom is 0.241 e. The highest BCUT2D eigenvalue weighted by Crippen LogP contribution is 2.36. The van der Waals surface area contributed by atoms with Crippen molar-refractivity contribution >= 4 is 0 Å². The Morgan fingerprint density at radius 1 is 1.10 bits per heavy atom. The monoisotopic (exact) mass is 268 g/mol. The maximum atomic E-state index is 5.80. The van der Waals surface area contributed by atoms with Crippen molar-refractivity contribution < 1.29 is 4.74 Å². The fourth-order valence-corrected chi connectivity index (χ4v) is 2.42. The Morgan fingerprint density at radius 2 is 1.90 bits per heavy atom. The molecule has 0 amide bonds. The first-order valence-corrected chi connectivity index (χ1v) is 7.19. The molecule has 0 radical (unpaired) electrons. The summed E-state index contributed by atoms with van der Waals surface area (Å²) in [7, 11) is 0. The zero-order valence-electron chi connectivity index (χ0n) is 12.5. The molecule has 2 heterocycles. The first kappa shape index (κ1) is 13.1. The van der Waals surface area contributed by atoms with Gasteiger partial charge >= 0.3 is 0 Å². The summed E-state index contributed by atoms with van der Waals surface area (Å²) in [6, 6.07) is 6.55. The molecule has 0 N–H and O–H groups in total. The van der Waals surface area contributed by atoms with Crippen LogP contribution in [-0.4, -0.2) is 9.97 Å². The van der Waals surface area contributed by atoms with Crippen molar-refractivity contribution in [3.8, 4) is 17.1 Å². The van der Waals surface area contributed by atoms with Gasteiger partial charge in [-0.05, 0) is 23.0 Å². The summed E-state index contributed by atoms with van der Waals surface area (Å²) in [6.07, 6.45) is 1.86. The Bertz CT molecular complexity index is 590. The van der Waals surface area contributed by atoms with Crippen molar-refractivity contribution in [3.05, 3.63) is 41.2 Å². The molecule has 3 nitrogen and oxygen atoms in total. The number of hydrogen-bond donors (Lipinski definition) is 0. The van der Waals surface area contributed by atoms with Crippen LogP contribution in [0.1, 0.15) is 56.4 Å². The molecular formula is C17H20N2O. The van der Waals surface area contributed by atoms with Crippen molar-refractivity contribution in [2.24, 2.45) is 0 Å². The number of fused-ring (bicyclic) bond motifs is 3. The summed E-state index contributed by atoms with van der Waals surface area (Å²) >= 11 is 0. The summed E-state index contributed by atoms with van der Waals surface area (Å²) in [5.41, 5.74) is 5.54. The van der Waals surface area contributed by atoms with E-state index in [-0.39, 0.29) is 0 Å². The maximum absolute atomic E-state index is 5.80. The molecule has 0 atom stereocenters. The van der Waals surface area contributed by atoms with Crippen molar-refractivity contribution in [2.75, 3.05) is 0 Å². The number of rotatable bonds is 2. The molecule has 1 aromatic heterocycles. The van der Waals surface area contributed by atoms with E-state index in [0.717, 1.165) is 17.0 Å². The van der Waals surface area contributed by atoms with E-state index in [1.54, 1.807) is 0 Å². The van der Waals surface area contributed by atoms with E-state index in [0.29, 0.717) is 24.3 Å². The average molecular weight is 268 g/mol. The molecule has 0 saturated carbocycles. The van der Waals surface area contributed by atoms with Gasteiger partial charge in [-0.2, -0.15) is 0 Å². The first-order valence-electron chi connectivity index (χ1n) is 7.19. The smallest absolute Gasteiger partial charge is 0.241 e. The summed E-state index contributed by atoms with van der Waals surface area (Å²) in [5, 5.41) is 0. The second-order valence-corrected chi connectivity index (χ2v) is 5.96. The van der Waals surface area contributed by atoms with Gasteiger partial charge in [-0.1, -0.05) is 45.9 Å². The highest BCUT2D eigenvalue weighted by molar-refractivity contribution is 5.70. The number of hydrogen-bond acceptors (Lipinski definition) is 3. The summed E-state index contributed by atoms with van der Waals surface area (Å²) in [5.74, 6) is 1.55. The fraction of sp³-hybridized carbons (Fsp3) is 0.412. The number of benzene rings is 1. The van der Waals surface area contributed by atoms with Gasteiger partial charge in [0.15, 0.2) is 0 Å². The van der Waals surface area contributed by atoms with Gasteiger partial charge in [0.2, 0.25) is 5.88 Å². The normalized spacial score (nSPS) is 13.1. The Labute approximate surface area is 120 Å². The first-order chi connectivity index (χ1) is 9.56. The van der Waals surface area contributed by atoms with Gasteiger partial charge in [-0.25, -0.2) is 9.97 Å². The van der Waals surface area contributed by atoms with E-state index in [1.807, 2.05) is 6.20 Å². The van der Waals surface area contributed by atoms with Crippen LogP contribution in [0.2, 0.25) is 0 Å². The molecule has 1 aliphatic rings. The van der Waals surface area contributed by atoms with E-state index in [2.05, 4.69) is 55.9 Å². The second kappa shape index (κ2) is 4.89. The lowest BCUT2D eigenvalue weighted by molar-refractivity contribution is 0.287. The molecule has 104 valence electrons. The van der Waals surface area contributed by atoms with Crippen LogP contribution in [0.25, 0.3) is 11.3 Å². The van der Waals surface area contributed by atoms with Crippen LogP contribution in [0.15, 0.2) is 24.4 Å². The van der Waals surface area contributed by atoms with Crippen LogP contribution >= 0.6 is 0 Å². The van der Waals surface area contributed by atoms with Gasteiger partial charge in [0.05, 0.1) is 5.69 Å². The summed E-state index contributed by atoms with van der Waals surface area (Å²) < 4.78 is 5.80.